The van der Waals surface area contributed by atoms with Crippen LogP contribution in [-0.4, -0.2) is 40.1 Å². The second kappa shape index (κ2) is 5.48. The Morgan fingerprint density at radius 3 is 2.72 bits per heavy atom. The van der Waals surface area contributed by atoms with E-state index >= 15 is 0 Å². The van der Waals surface area contributed by atoms with Gasteiger partial charge >= 0.3 is 0 Å². The quantitative estimate of drug-likeness (QED) is 0.865. The first-order chi connectivity index (χ1) is 8.58. The topological polar surface area (TPSA) is 53.4 Å². The van der Waals surface area contributed by atoms with Gasteiger partial charge in [0.05, 0.1) is 6.10 Å². The number of aryl methyl sites for hydroxylation is 1. The Morgan fingerprint density at radius 1 is 1.50 bits per heavy atom. The second-order valence-corrected chi connectivity index (χ2v) is 5.06. The Bertz CT molecular complexity index is 424. The molecule has 18 heavy (non-hydrogen) atoms. The lowest BCUT2D eigenvalue weighted by Crippen LogP contribution is -2.40. The zero-order valence-electron chi connectivity index (χ0n) is 11.0. The summed E-state index contributed by atoms with van der Waals surface area (Å²) in [5.74, 6) is 0.401. The van der Waals surface area contributed by atoms with E-state index in [9.17, 15) is 9.90 Å². The number of aromatic nitrogens is 1. The number of piperidine rings is 1. The van der Waals surface area contributed by atoms with Crippen molar-refractivity contribution in [1.29, 1.82) is 0 Å². The smallest absolute Gasteiger partial charge is 0.253 e. The highest BCUT2D eigenvalue weighted by Gasteiger charge is 2.25. The van der Waals surface area contributed by atoms with Gasteiger partial charge in [-0.2, -0.15) is 0 Å². The first kappa shape index (κ1) is 13.0. The third kappa shape index (κ3) is 2.88. The zero-order chi connectivity index (χ0) is 13.1. The molecule has 0 aromatic carbocycles. The molecule has 0 saturated carbocycles. The number of carbonyl (C=O) groups excluding carboxylic acids is 1. The van der Waals surface area contributed by atoms with Gasteiger partial charge in [0.15, 0.2) is 0 Å². The highest BCUT2D eigenvalue weighted by atomic mass is 16.3. The molecule has 4 nitrogen and oxygen atoms in total. The van der Waals surface area contributed by atoms with Crippen LogP contribution in [-0.2, 0) is 0 Å². The van der Waals surface area contributed by atoms with Gasteiger partial charge < -0.3 is 10.0 Å². The fraction of sp³-hybridized carbons (Fsp3) is 0.571. The summed E-state index contributed by atoms with van der Waals surface area (Å²) in [5, 5.41) is 9.54. The van der Waals surface area contributed by atoms with E-state index in [1.807, 2.05) is 24.8 Å². The minimum atomic E-state index is -0.273. The van der Waals surface area contributed by atoms with Crippen molar-refractivity contribution in [2.24, 2.45) is 5.92 Å². The lowest BCUT2D eigenvalue weighted by Gasteiger charge is -2.33. The predicted octanol–water partition coefficient (Wildman–Crippen LogP) is 1.62. The van der Waals surface area contributed by atoms with E-state index in [1.54, 1.807) is 12.3 Å². The average molecular weight is 248 g/mol. The highest BCUT2D eigenvalue weighted by Crippen LogP contribution is 2.21. The summed E-state index contributed by atoms with van der Waals surface area (Å²) >= 11 is 0. The fourth-order valence-corrected chi connectivity index (χ4v) is 2.45. The van der Waals surface area contributed by atoms with Crippen molar-refractivity contribution in [3.63, 3.8) is 0 Å². The number of aliphatic hydroxyl groups is 1. The monoisotopic (exact) mass is 248 g/mol. The molecule has 1 unspecified atom stereocenters. The molecule has 1 aromatic heterocycles. The van der Waals surface area contributed by atoms with Crippen LogP contribution in [0.3, 0.4) is 0 Å². The molecule has 0 radical (unpaired) electrons. The number of likely N-dealkylation sites (tertiary alicyclic amines) is 1. The number of hydrogen-bond donors (Lipinski definition) is 1. The molecule has 1 saturated heterocycles. The number of pyridine rings is 1. The van der Waals surface area contributed by atoms with Crippen LogP contribution >= 0.6 is 0 Å². The lowest BCUT2D eigenvalue weighted by atomic mass is 9.92. The number of hydrogen-bond acceptors (Lipinski definition) is 3. The molecule has 1 atom stereocenters. The SMILES string of the molecule is Cc1cc(C(=O)N2CCC(C(C)O)CC2)ccn1. The molecule has 0 spiro atoms. The van der Waals surface area contributed by atoms with Crippen LogP contribution in [0, 0.1) is 12.8 Å². The molecule has 1 N–H and O–H groups in total. The normalized spacial score (nSPS) is 18.7. The van der Waals surface area contributed by atoms with Gasteiger partial charge in [0.1, 0.15) is 0 Å². The summed E-state index contributed by atoms with van der Waals surface area (Å²) in [6.07, 6.45) is 3.16. The van der Waals surface area contributed by atoms with E-state index in [-0.39, 0.29) is 12.0 Å². The van der Waals surface area contributed by atoms with E-state index in [0.29, 0.717) is 11.5 Å². The Balaban J connectivity index is 1.99. The highest BCUT2D eigenvalue weighted by molar-refractivity contribution is 5.94. The molecule has 4 heteroatoms. The van der Waals surface area contributed by atoms with Gasteiger partial charge in [0.25, 0.3) is 5.91 Å². The number of nitrogens with zero attached hydrogens (tertiary/aromatic N) is 2. The van der Waals surface area contributed by atoms with Crippen molar-refractivity contribution in [1.82, 2.24) is 9.88 Å². The largest absolute Gasteiger partial charge is 0.393 e. The first-order valence-corrected chi connectivity index (χ1v) is 6.48. The average Bonchev–Trinajstić information content (AvgIpc) is 2.38. The summed E-state index contributed by atoms with van der Waals surface area (Å²) in [7, 11) is 0. The molecule has 1 amide bonds. The third-order valence-electron chi connectivity index (χ3n) is 3.65. The van der Waals surface area contributed by atoms with Gasteiger partial charge in [-0.05, 0) is 44.7 Å². The molecule has 98 valence electrons. The Labute approximate surface area is 108 Å². The van der Waals surface area contributed by atoms with Gasteiger partial charge in [0.2, 0.25) is 0 Å². The van der Waals surface area contributed by atoms with Crippen LogP contribution in [0.5, 0.6) is 0 Å². The summed E-state index contributed by atoms with van der Waals surface area (Å²) in [6.45, 7) is 5.18. The summed E-state index contributed by atoms with van der Waals surface area (Å²) in [5.41, 5.74) is 1.57. The van der Waals surface area contributed by atoms with Gasteiger partial charge in [0, 0.05) is 30.5 Å². The maximum Gasteiger partial charge on any atom is 0.253 e. The molecule has 0 aliphatic carbocycles. The van der Waals surface area contributed by atoms with E-state index < -0.39 is 0 Å². The maximum absolute atomic E-state index is 12.3. The molecule has 0 bridgehead atoms. The van der Waals surface area contributed by atoms with Gasteiger partial charge in [-0.3, -0.25) is 9.78 Å². The van der Waals surface area contributed by atoms with Crippen molar-refractivity contribution in [3.8, 4) is 0 Å². The van der Waals surface area contributed by atoms with E-state index in [0.717, 1.165) is 31.6 Å². The predicted molar refractivity (Wildman–Crippen MR) is 69.3 cm³/mol. The molecule has 1 aliphatic rings. The van der Waals surface area contributed by atoms with Crippen molar-refractivity contribution < 1.29 is 9.90 Å². The van der Waals surface area contributed by atoms with Crippen molar-refractivity contribution in [2.45, 2.75) is 32.8 Å². The lowest BCUT2D eigenvalue weighted by molar-refractivity contribution is 0.0521. The van der Waals surface area contributed by atoms with Crippen molar-refractivity contribution >= 4 is 5.91 Å². The number of carbonyl (C=O) groups is 1. The van der Waals surface area contributed by atoms with Crippen molar-refractivity contribution in [3.05, 3.63) is 29.6 Å². The Hall–Kier alpha value is -1.42. The van der Waals surface area contributed by atoms with Gasteiger partial charge in [-0.15, -0.1) is 0 Å². The van der Waals surface area contributed by atoms with Crippen LogP contribution < -0.4 is 0 Å². The zero-order valence-corrected chi connectivity index (χ0v) is 11.0. The maximum atomic E-state index is 12.3. The molecule has 1 aliphatic heterocycles. The Kier molecular flexibility index (Phi) is 3.97. The van der Waals surface area contributed by atoms with E-state index in [4.69, 9.17) is 0 Å². The van der Waals surface area contributed by atoms with Crippen LogP contribution in [0.1, 0.15) is 35.8 Å². The minimum Gasteiger partial charge on any atom is -0.393 e. The fourth-order valence-electron chi connectivity index (χ4n) is 2.45. The Morgan fingerprint density at radius 2 is 2.17 bits per heavy atom. The van der Waals surface area contributed by atoms with Crippen LogP contribution in [0.2, 0.25) is 0 Å². The number of rotatable bonds is 2. The molecule has 2 rings (SSSR count). The van der Waals surface area contributed by atoms with Crippen LogP contribution in [0.25, 0.3) is 0 Å². The summed E-state index contributed by atoms with van der Waals surface area (Å²) in [6, 6.07) is 3.58. The number of amides is 1. The van der Waals surface area contributed by atoms with Gasteiger partial charge in [-0.25, -0.2) is 0 Å². The minimum absolute atomic E-state index is 0.0737. The molecule has 1 aromatic rings. The molecule has 2 heterocycles. The third-order valence-corrected chi connectivity index (χ3v) is 3.65. The van der Waals surface area contributed by atoms with Crippen molar-refractivity contribution in [2.75, 3.05) is 13.1 Å². The van der Waals surface area contributed by atoms with Crippen LogP contribution in [0.4, 0.5) is 0 Å². The molecule has 1 fully saturated rings. The first-order valence-electron chi connectivity index (χ1n) is 6.48. The van der Waals surface area contributed by atoms with E-state index in [1.165, 1.54) is 0 Å². The standard InChI is InChI=1S/C14H20N2O2/c1-10-9-13(3-6-15-10)14(18)16-7-4-12(5-8-16)11(2)17/h3,6,9,11-12,17H,4-5,7-8H2,1-2H3. The molecular weight excluding hydrogens is 228 g/mol. The molecular formula is C14H20N2O2. The van der Waals surface area contributed by atoms with Gasteiger partial charge in [-0.1, -0.05) is 0 Å². The summed E-state index contributed by atoms with van der Waals surface area (Å²) < 4.78 is 0. The van der Waals surface area contributed by atoms with E-state index in [2.05, 4.69) is 4.98 Å². The van der Waals surface area contributed by atoms with Crippen LogP contribution in [0.15, 0.2) is 18.3 Å². The number of aliphatic hydroxyl groups excluding tert-OH is 1. The second-order valence-electron chi connectivity index (χ2n) is 5.06. The summed E-state index contributed by atoms with van der Waals surface area (Å²) in [4.78, 5) is 18.2.